The second-order valence-electron chi connectivity index (χ2n) is 2.68. The Labute approximate surface area is 68.7 Å². The minimum absolute atomic E-state index is 0.0230. The maximum Gasteiger partial charge on any atom is 0.248 e. The van der Waals surface area contributed by atoms with Crippen LogP contribution in [0.5, 0.6) is 0 Å². The van der Waals surface area contributed by atoms with Crippen molar-refractivity contribution in [3.8, 4) is 0 Å². The summed E-state index contributed by atoms with van der Waals surface area (Å²) in [5.41, 5.74) is 1.01. The van der Waals surface area contributed by atoms with Crippen molar-refractivity contribution >= 4 is 11.9 Å². The first kappa shape index (κ1) is 7.03. The Morgan fingerprint density at radius 1 is 1.25 bits per heavy atom. The van der Waals surface area contributed by atoms with Gasteiger partial charge in [-0.05, 0) is 6.07 Å². The maximum atomic E-state index is 11.2. The first-order valence-corrected chi connectivity index (χ1v) is 3.70. The summed E-state index contributed by atoms with van der Waals surface area (Å²) in [5.74, 6) is -0.0230. The van der Waals surface area contributed by atoms with E-state index in [0.29, 0.717) is 12.1 Å². The minimum atomic E-state index is -0.225. The molecule has 0 fully saturated rings. The number of carbonyl (C=O) groups is 1. The molecule has 0 saturated carbocycles. The maximum absolute atomic E-state index is 11.2. The average molecular weight is 161 g/mol. The number of rotatable bonds is 0. The van der Waals surface area contributed by atoms with Gasteiger partial charge in [0.2, 0.25) is 5.56 Å². The Balaban J connectivity index is 2.71. The summed E-state index contributed by atoms with van der Waals surface area (Å²) in [4.78, 5) is 24.6. The Bertz CT molecular complexity index is 415. The highest BCUT2D eigenvalue weighted by molar-refractivity contribution is 6.00. The van der Waals surface area contributed by atoms with E-state index in [1.807, 2.05) is 6.08 Å². The predicted molar refractivity (Wildman–Crippen MR) is 45.0 cm³/mol. The SMILES string of the molecule is O=C1CC=Cc2ccc(=O)[nH]c21. The first-order valence-electron chi connectivity index (χ1n) is 3.70. The molecule has 1 aromatic rings. The number of allylic oxidation sites excluding steroid dienone is 1. The highest BCUT2D eigenvalue weighted by atomic mass is 16.1. The van der Waals surface area contributed by atoms with Crippen LogP contribution in [0.15, 0.2) is 23.0 Å². The summed E-state index contributed by atoms with van der Waals surface area (Å²) in [7, 11) is 0. The van der Waals surface area contributed by atoms with Gasteiger partial charge in [0.25, 0.3) is 0 Å². The molecule has 1 N–H and O–H groups in total. The highest BCUT2D eigenvalue weighted by Crippen LogP contribution is 2.14. The van der Waals surface area contributed by atoms with Crippen LogP contribution in [0.25, 0.3) is 6.08 Å². The molecule has 0 unspecified atom stereocenters. The van der Waals surface area contributed by atoms with Crippen molar-refractivity contribution in [2.45, 2.75) is 6.42 Å². The molecule has 0 radical (unpaired) electrons. The number of aromatic nitrogens is 1. The molecule has 12 heavy (non-hydrogen) atoms. The van der Waals surface area contributed by atoms with Gasteiger partial charge in [0, 0.05) is 18.1 Å². The number of carbonyl (C=O) groups excluding carboxylic acids is 1. The molecule has 0 aromatic carbocycles. The average Bonchev–Trinajstić information content (AvgIpc) is 2.07. The number of ketones is 1. The van der Waals surface area contributed by atoms with Gasteiger partial charge < -0.3 is 4.98 Å². The van der Waals surface area contributed by atoms with Crippen LogP contribution in [0.3, 0.4) is 0 Å². The molecule has 3 heteroatoms. The molecule has 0 saturated heterocycles. The molecular formula is C9H7NO2. The number of Topliss-reactive ketones (excluding diaryl/α,β-unsaturated/α-hetero) is 1. The Morgan fingerprint density at radius 3 is 2.92 bits per heavy atom. The quantitative estimate of drug-likeness (QED) is 0.616. The van der Waals surface area contributed by atoms with Gasteiger partial charge >= 0.3 is 0 Å². The molecule has 1 aliphatic carbocycles. The zero-order valence-electron chi connectivity index (χ0n) is 6.33. The minimum Gasteiger partial charge on any atom is -0.319 e. The normalized spacial score (nSPS) is 14.5. The van der Waals surface area contributed by atoms with E-state index in [-0.39, 0.29) is 11.3 Å². The fourth-order valence-corrected chi connectivity index (χ4v) is 1.25. The zero-order valence-corrected chi connectivity index (χ0v) is 6.33. The van der Waals surface area contributed by atoms with Gasteiger partial charge in [-0.25, -0.2) is 0 Å². The zero-order chi connectivity index (χ0) is 8.55. The topological polar surface area (TPSA) is 49.9 Å². The van der Waals surface area contributed by atoms with Gasteiger partial charge in [0.15, 0.2) is 5.78 Å². The lowest BCUT2D eigenvalue weighted by Gasteiger charge is -2.06. The van der Waals surface area contributed by atoms with Crippen LogP contribution in [0.2, 0.25) is 0 Å². The second-order valence-corrected chi connectivity index (χ2v) is 2.68. The van der Waals surface area contributed by atoms with Crippen molar-refractivity contribution in [1.29, 1.82) is 0 Å². The van der Waals surface area contributed by atoms with E-state index in [0.717, 1.165) is 5.56 Å². The summed E-state index contributed by atoms with van der Waals surface area (Å²) >= 11 is 0. The smallest absolute Gasteiger partial charge is 0.248 e. The van der Waals surface area contributed by atoms with Crippen LogP contribution in [0, 0.1) is 0 Å². The molecule has 2 rings (SSSR count). The van der Waals surface area contributed by atoms with E-state index in [2.05, 4.69) is 4.98 Å². The van der Waals surface area contributed by atoms with Crippen molar-refractivity contribution in [2.75, 3.05) is 0 Å². The van der Waals surface area contributed by atoms with Crippen molar-refractivity contribution in [3.63, 3.8) is 0 Å². The van der Waals surface area contributed by atoms with Crippen molar-refractivity contribution in [1.82, 2.24) is 4.98 Å². The number of hydrogen-bond acceptors (Lipinski definition) is 2. The number of hydrogen-bond donors (Lipinski definition) is 1. The van der Waals surface area contributed by atoms with Crippen LogP contribution in [-0.2, 0) is 0 Å². The molecule has 1 aliphatic rings. The van der Waals surface area contributed by atoms with E-state index in [1.54, 1.807) is 12.1 Å². The van der Waals surface area contributed by atoms with Gasteiger partial charge in [-0.1, -0.05) is 12.2 Å². The lowest BCUT2D eigenvalue weighted by atomic mass is 10.0. The highest BCUT2D eigenvalue weighted by Gasteiger charge is 2.12. The molecule has 1 heterocycles. The van der Waals surface area contributed by atoms with Crippen LogP contribution >= 0.6 is 0 Å². The Hall–Kier alpha value is -1.64. The van der Waals surface area contributed by atoms with Gasteiger partial charge in [-0.15, -0.1) is 0 Å². The van der Waals surface area contributed by atoms with E-state index in [1.165, 1.54) is 6.07 Å². The van der Waals surface area contributed by atoms with Crippen LogP contribution in [-0.4, -0.2) is 10.8 Å². The third kappa shape index (κ3) is 0.993. The van der Waals surface area contributed by atoms with Gasteiger partial charge in [-0.3, -0.25) is 9.59 Å². The lowest BCUT2D eigenvalue weighted by molar-refractivity contribution is 0.0989. The number of H-pyrrole nitrogens is 1. The van der Waals surface area contributed by atoms with Crippen LogP contribution < -0.4 is 5.56 Å². The monoisotopic (exact) mass is 161 g/mol. The van der Waals surface area contributed by atoms with E-state index < -0.39 is 0 Å². The first-order chi connectivity index (χ1) is 5.77. The number of fused-ring (bicyclic) bond motifs is 1. The van der Waals surface area contributed by atoms with Gasteiger partial charge in [0.05, 0.1) is 5.69 Å². The fraction of sp³-hybridized carbons (Fsp3) is 0.111. The molecule has 60 valence electrons. The summed E-state index contributed by atoms with van der Waals surface area (Å²) in [5, 5.41) is 0. The number of nitrogens with one attached hydrogen (secondary N) is 1. The largest absolute Gasteiger partial charge is 0.319 e. The summed E-state index contributed by atoms with van der Waals surface area (Å²) < 4.78 is 0. The van der Waals surface area contributed by atoms with Crippen molar-refractivity contribution in [3.05, 3.63) is 39.8 Å². The third-order valence-electron chi connectivity index (χ3n) is 1.83. The van der Waals surface area contributed by atoms with Gasteiger partial charge in [0.1, 0.15) is 0 Å². The second kappa shape index (κ2) is 2.44. The third-order valence-corrected chi connectivity index (χ3v) is 1.83. The Morgan fingerprint density at radius 2 is 2.08 bits per heavy atom. The standard InChI is InChI=1S/C9H7NO2/c11-7-3-1-2-6-4-5-8(12)10-9(6)7/h1-2,4-5H,3H2,(H,10,12). The van der Waals surface area contributed by atoms with Crippen LogP contribution in [0.1, 0.15) is 22.5 Å². The summed E-state index contributed by atoms with van der Waals surface area (Å²) in [6.07, 6.45) is 4.02. The molecule has 0 amide bonds. The van der Waals surface area contributed by atoms with E-state index in [4.69, 9.17) is 0 Å². The molecule has 0 aliphatic heterocycles. The molecule has 0 atom stereocenters. The van der Waals surface area contributed by atoms with Gasteiger partial charge in [-0.2, -0.15) is 0 Å². The number of aromatic amines is 1. The Kier molecular flexibility index (Phi) is 1.43. The summed E-state index contributed by atoms with van der Waals surface area (Å²) in [6, 6.07) is 3.07. The lowest BCUT2D eigenvalue weighted by Crippen LogP contribution is -2.14. The van der Waals surface area contributed by atoms with Crippen molar-refractivity contribution < 1.29 is 4.79 Å². The molecular weight excluding hydrogens is 154 g/mol. The molecule has 0 spiro atoms. The summed E-state index contributed by atoms with van der Waals surface area (Å²) in [6.45, 7) is 0. The number of pyridine rings is 1. The molecule has 0 bridgehead atoms. The molecule has 1 aromatic heterocycles. The van der Waals surface area contributed by atoms with E-state index >= 15 is 0 Å². The fourth-order valence-electron chi connectivity index (χ4n) is 1.25. The van der Waals surface area contributed by atoms with Crippen molar-refractivity contribution in [2.24, 2.45) is 0 Å². The predicted octanol–water partition coefficient (Wildman–Crippen LogP) is 0.975. The molecule has 3 nitrogen and oxygen atoms in total. The van der Waals surface area contributed by atoms with Crippen LogP contribution in [0.4, 0.5) is 0 Å². The van der Waals surface area contributed by atoms with E-state index in [9.17, 15) is 9.59 Å².